The maximum atomic E-state index is 4.93. The van der Waals surface area contributed by atoms with Gasteiger partial charge in [-0.2, -0.15) is 48.5 Å². The molecule has 0 saturated heterocycles. The molecule has 0 radical (unpaired) electrons. The van der Waals surface area contributed by atoms with Gasteiger partial charge in [-0.05, 0) is 59.8 Å². The van der Waals surface area contributed by atoms with E-state index < -0.39 is 20.8 Å². The molecule has 0 bridgehead atoms. The predicted molar refractivity (Wildman–Crippen MR) is 160 cm³/mol. The molecule has 0 atom stereocenters. The van der Waals surface area contributed by atoms with E-state index in [9.17, 15) is 0 Å². The van der Waals surface area contributed by atoms with Crippen molar-refractivity contribution >= 4 is 28.2 Å². The Bertz CT molecular complexity index is 1030. The van der Waals surface area contributed by atoms with Gasteiger partial charge in [0.05, 0.1) is 0 Å². The van der Waals surface area contributed by atoms with Crippen LogP contribution < -0.4 is 0 Å². The van der Waals surface area contributed by atoms with Gasteiger partial charge >= 0.3 is 37.9 Å². The zero-order valence-corrected chi connectivity index (χ0v) is 25.8. The molecule has 0 aliphatic heterocycles. The fraction of sp³-hybridized carbons (Fsp3) is 0.353. The molecule has 0 spiro atoms. The molecule has 0 aromatic rings. The third kappa shape index (κ3) is 7.82. The molecule has 6 rings (SSSR count). The van der Waals surface area contributed by atoms with Gasteiger partial charge in [0.15, 0.2) is 0 Å². The molecule has 0 amide bonds. The standard InChI is InChI=1S/2C17H19.2ClH.Zr/c2*1-13(14-7-3-2-4-8-14)17-11-15-9-5-6-10-16(15)12-17;;;/h2*5-6,9-12,14H,1-4,7-8H2;2*1H;/q2*-1;;;+2/p-2. The van der Waals surface area contributed by atoms with Crippen LogP contribution in [-0.4, -0.2) is 0 Å². The summed E-state index contributed by atoms with van der Waals surface area (Å²) in [6.07, 6.45) is 13.7. The molecule has 0 aromatic heterocycles. The Balaban J connectivity index is 0.000000157. The van der Waals surface area contributed by atoms with Gasteiger partial charge in [0, 0.05) is 0 Å². The number of fused-ring (bicyclic) bond motifs is 2. The minimum absolute atomic E-state index is 0.723. The van der Waals surface area contributed by atoms with Crippen molar-refractivity contribution < 1.29 is 20.8 Å². The van der Waals surface area contributed by atoms with Crippen molar-refractivity contribution in [2.45, 2.75) is 64.2 Å². The summed E-state index contributed by atoms with van der Waals surface area (Å²) in [7, 11) is 9.87. The molecule has 6 aliphatic carbocycles. The van der Waals surface area contributed by atoms with Crippen LogP contribution in [0.2, 0.25) is 0 Å². The summed E-state index contributed by atoms with van der Waals surface area (Å²) < 4.78 is 0. The zero-order chi connectivity index (χ0) is 26.0. The molecule has 194 valence electrons. The van der Waals surface area contributed by atoms with E-state index in [1.807, 2.05) is 0 Å². The van der Waals surface area contributed by atoms with E-state index >= 15 is 0 Å². The Labute approximate surface area is 242 Å². The first-order valence-corrected chi connectivity index (χ1v) is 20.1. The van der Waals surface area contributed by atoms with Gasteiger partial charge < -0.3 is 0 Å². The van der Waals surface area contributed by atoms with Crippen LogP contribution in [0.1, 0.15) is 75.3 Å². The second-order valence-electron chi connectivity index (χ2n) is 10.5. The van der Waals surface area contributed by atoms with Crippen molar-refractivity contribution in [3.63, 3.8) is 0 Å². The Morgan fingerprint density at radius 3 is 1.32 bits per heavy atom. The van der Waals surface area contributed by atoms with Crippen LogP contribution in [0.15, 0.2) is 86.0 Å². The van der Waals surface area contributed by atoms with Crippen molar-refractivity contribution in [2.75, 3.05) is 0 Å². The molecule has 0 N–H and O–H groups in total. The molecule has 0 heterocycles. The average Bonchev–Trinajstić information content (AvgIpc) is 3.59. The van der Waals surface area contributed by atoms with Crippen LogP contribution in [0.5, 0.6) is 0 Å². The van der Waals surface area contributed by atoms with Crippen LogP contribution in [0.4, 0.5) is 0 Å². The third-order valence-corrected chi connectivity index (χ3v) is 8.17. The SMILES string of the molecule is C=C(c1cc2cc[cH-]cc-2c1)C1CCCCC1.C=C(c1cc2cc[cH-]cc-2c1)C1CCCCC1.[Cl][Zr][Cl]. The summed E-state index contributed by atoms with van der Waals surface area (Å²) in [6.45, 7) is 8.69. The number of allylic oxidation sites excluding steroid dienone is 2. The van der Waals surface area contributed by atoms with E-state index in [1.165, 1.54) is 109 Å². The second-order valence-corrected chi connectivity index (χ2v) is 14.3. The molecular weight excluding hydrogens is 571 g/mol. The number of halogens is 2. The Morgan fingerprint density at radius 2 is 0.973 bits per heavy atom. The molecule has 2 fully saturated rings. The van der Waals surface area contributed by atoms with Gasteiger partial charge in [-0.25, -0.2) is 0 Å². The molecule has 37 heavy (non-hydrogen) atoms. The average molecular weight is 609 g/mol. The topological polar surface area (TPSA) is 0 Å². The Hall–Kier alpha value is -1.40. The van der Waals surface area contributed by atoms with Gasteiger partial charge in [0.25, 0.3) is 0 Å². The van der Waals surface area contributed by atoms with Crippen LogP contribution >= 0.6 is 17.0 Å². The van der Waals surface area contributed by atoms with Crippen molar-refractivity contribution in [1.29, 1.82) is 0 Å². The molecule has 6 aliphatic rings. The molecule has 3 heteroatoms. The summed E-state index contributed by atoms with van der Waals surface area (Å²) in [6, 6.07) is 26.4. The first-order chi connectivity index (χ1) is 18.1. The number of hydrogen-bond acceptors (Lipinski definition) is 0. The van der Waals surface area contributed by atoms with Crippen molar-refractivity contribution in [1.82, 2.24) is 0 Å². The van der Waals surface area contributed by atoms with Crippen LogP contribution in [0.25, 0.3) is 33.4 Å². The summed E-state index contributed by atoms with van der Waals surface area (Å²) in [5.74, 6) is 1.45. The molecular formula is C34H38Cl2Zr-2. The van der Waals surface area contributed by atoms with Gasteiger partial charge in [-0.15, -0.1) is 34.4 Å². The van der Waals surface area contributed by atoms with Crippen molar-refractivity contribution in [3.05, 3.63) is 97.1 Å². The van der Waals surface area contributed by atoms with E-state index in [2.05, 4.69) is 86.0 Å². The first-order valence-electron chi connectivity index (χ1n) is 13.8. The summed E-state index contributed by atoms with van der Waals surface area (Å²) in [5.41, 5.74) is 10.8. The van der Waals surface area contributed by atoms with Crippen molar-refractivity contribution in [3.8, 4) is 22.3 Å². The Kier molecular flexibility index (Phi) is 11.3. The minimum atomic E-state index is -0.826. The molecule has 0 aromatic carbocycles. The van der Waals surface area contributed by atoms with Gasteiger partial charge in [0.2, 0.25) is 0 Å². The molecule has 2 saturated carbocycles. The van der Waals surface area contributed by atoms with Crippen LogP contribution in [0.3, 0.4) is 0 Å². The van der Waals surface area contributed by atoms with Crippen molar-refractivity contribution in [2.24, 2.45) is 11.8 Å². The van der Waals surface area contributed by atoms with Gasteiger partial charge in [-0.3, -0.25) is 0 Å². The fourth-order valence-electron chi connectivity index (χ4n) is 6.05. The number of rotatable bonds is 4. The van der Waals surface area contributed by atoms with E-state index in [-0.39, 0.29) is 0 Å². The fourth-order valence-corrected chi connectivity index (χ4v) is 6.05. The normalized spacial score (nSPS) is 16.4. The monoisotopic (exact) mass is 606 g/mol. The van der Waals surface area contributed by atoms with Gasteiger partial charge in [0.1, 0.15) is 0 Å². The predicted octanol–water partition coefficient (Wildman–Crippen LogP) is 11.6. The summed E-state index contributed by atoms with van der Waals surface area (Å²) in [5, 5.41) is 0. The molecule has 0 nitrogen and oxygen atoms in total. The first kappa shape index (κ1) is 28.6. The van der Waals surface area contributed by atoms with Crippen LogP contribution in [-0.2, 0) is 20.8 Å². The maximum absolute atomic E-state index is 4.93. The summed E-state index contributed by atoms with van der Waals surface area (Å²) in [4.78, 5) is 0. The quantitative estimate of drug-likeness (QED) is 0.202. The Morgan fingerprint density at radius 1 is 0.622 bits per heavy atom. The van der Waals surface area contributed by atoms with Gasteiger partial charge in [-0.1, -0.05) is 63.8 Å². The summed E-state index contributed by atoms with van der Waals surface area (Å²) >= 11 is -0.826. The third-order valence-electron chi connectivity index (χ3n) is 8.17. The van der Waals surface area contributed by atoms with Crippen LogP contribution in [0, 0.1) is 11.8 Å². The second kappa shape index (κ2) is 14.7. The number of benzene rings is 2. The van der Waals surface area contributed by atoms with E-state index in [0.717, 1.165) is 11.8 Å². The number of hydrogen-bond donors (Lipinski definition) is 0. The van der Waals surface area contributed by atoms with E-state index in [1.54, 1.807) is 0 Å². The van der Waals surface area contributed by atoms with E-state index in [0.29, 0.717) is 0 Å². The molecule has 0 unspecified atom stereocenters. The zero-order valence-electron chi connectivity index (χ0n) is 21.8. The van der Waals surface area contributed by atoms with E-state index in [4.69, 9.17) is 17.0 Å².